The van der Waals surface area contributed by atoms with Crippen LogP contribution < -0.4 is 5.32 Å². The summed E-state index contributed by atoms with van der Waals surface area (Å²) in [4.78, 5) is 23.7. The van der Waals surface area contributed by atoms with Gasteiger partial charge in [0.2, 0.25) is 0 Å². The van der Waals surface area contributed by atoms with Gasteiger partial charge in [-0.05, 0) is 30.8 Å². The molecule has 20 heavy (non-hydrogen) atoms. The zero-order chi connectivity index (χ0) is 14.9. The Balaban J connectivity index is 2.03. The highest BCUT2D eigenvalue weighted by Gasteiger charge is 2.32. The number of hydrogen-bond acceptors (Lipinski definition) is 5. The first kappa shape index (κ1) is 14.9. The van der Waals surface area contributed by atoms with E-state index in [1.54, 1.807) is 0 Å². The lowest BCUT2D eigenvalue weighted by Crippen LogP contribution is -2.34. The van der Waals surface area contributed by atoms with Crippen molar-refractivity contribution in [3.05, 3.63) is 10.6 Å². The largest absolute Gasteiger partial charge is 0.481 e. The van der Waals surface area contributed by atoms with Gasteiger partial charge in [-0.1, -0.05) is 25.3 Å². The molecule has 0 aliphatic heterocycles. The van der Waals surface area contributed by atoms with E-state index in [1.165, 1.54) is 0 Å². The van der Waals surface area contributed by atoms with Crippen molar-refractivity contribution in [3.63, 3.8) is 0 Å². The minimum absolute atomic E-state index is 0.0708. The molecule has 1 heterocycles. The summed E-state index contributed by atoms with van der Waals surface area (Å²) in [5.41, 5.74) is 0.451. The first-order valence-electron chi connectivity index (χ1n) is 6.65. The minimum Gasteiger partial charge on any atom is -0.481 e. The Labute approximate surface area is 121 Å². The molecule has 0 aromatic carbocycles. The Kier molecular flexibility index (Phi) is 4.08. The summed E-state index contributed by atoms with van der Waals surface area (Å²) >= 11 is 1.09. The quantitative estimate of drug-likeness (QED) is 0.887. The van der Waals surface area contributed by atoms with Crippen LogP contribution in [-0.4, -0.2) is 32.6 Å². The molecule has 0 spiro atoms. The molecular weight excluding hydrogens is 278 g/mol. The van der Waals surface area contributed by atoms with Crippen molar-refractivity contribution in [1.29, 1.82) is 0 Å². The van der Waals surface area contributed by atoms with Crippen LogP contribution in [0.15, 0.2) is 0 Å². The molecule has 1 fully saturated rings. The molecule has 0 bridgehead atoms. The van der Waals surface area contributed by atoms with E-state index in [4.69, 9.17) is 5.11 Å². The van der Waals surface area contributed by atoms with Crippen molar-refractivity contribution >= 4 is 23.4 Å². The van der Waals surface area contributed by atoms with Gasteiger partial charge >= 0.3 is 5.97 Å². The van der Waals surface area contributed by atoms with Crippen molar-refractivity contribution < 1.29 is 14.7 Å². The predicted molar refractivity (Wildman–Crippen MR) is 74.8 cm³/mol. The zero-order valence-electron chi connectivity index (χ0n) is 11.8. The SMILES string of the molecule is CC(C)(C)c1nnsc1C(=O)N[C@H]1CC[C@@H](C(=O)O)C1. The number of aliphatic carboxylic acids is 1. The van der Waals surface area contributed by atoms with E-state index in [0.29, 0.717) is 29.8 Å². The molecule has 0 unspecified atom stereocenters. The fraction of sp³-hybridized carbons (Fsp3) is 0.692. The molecule has 1 amide bonds. The van der Waals surface area contributed by atoms with Gasteiger partial charge < -0.3 is 10.4 Å². The standard InChI is InChI=1S/C13H19N3O3S/c1-13(2,3)10-9(20-16-15-10)11(17)14-8-5-4-7(6-8)12(18)19/h7-8H,4-6H2,1-3H3,(H,14,17)(H,18,19)/t7-,8+/m1/s1. The molecule has 1 saturated carbocycles. The molecule has 110 valence electrons. The number of nitrogens with one attached hydrogen (secondary N) is 1. The second-order valence-electron chi connectivity index (χ2n) is 6.22. The summed E-state index contributed by atoms with van der Waals surface area (Å²) in [6.07, 6.45) is 1.82. The maximum absolute atomic E-state index is 12.3. The van der Waals surface area contributed by atoms with Crippen molar-refractivity contribution in [2.45, 2.75) is 51.5 Å². The monoisotopic (exact) mass is 297 g/mol. The number of aromatic nitrogens is 2. The molecule has 1 aliphatic rings. The lowest BCUT2D eigenvalue weighted by atomic mass is 9.91. The van der Waals surface area contributed by atoms with E-state index in [-0.39, 0.29) is 23.3 Å². The smallest absolute Gasteiger partial charge is 0.306 e. The summed E-state index contributed by atoms with van der Waals surface area (Å²) in [5.74, 6) is -1.32. The van der Waals surface area contributed by atoms with Crippen LogP contribution in [0.25, 0.3) is 0 Å². The Bertz CT molecular complexity index is 521. The predicted octanol–water partition coefficient (Wildman–Crippen LogP) is 1.82. The van der Waals surface area contributed by atoms with Gasteiger partial charge in [-0.15, -0.1) is 5.10 Å². The number of carboxylic acid groups (broad SMARTS) is 1. The normalized spacial score (nSPS) is 22.8. The molecular formula is C13H19N3O3S. The maximum atomic E-state index is 12.3. The molecule has 2 N–H and O–H groups in total. The van der Waals surface area contributed by atoms with Crippen LogP contribution in [-0.2, 0) is 10.2 Å². The van der Waals surface area contributed by atoms with Crippen molar-refractivity contribution in [1.82, 2.24) is 14.9 Å². The molecule has 7 heteroatoms. The maximum Gasteiger partial charge on any atom is 0.306 e. The van der Waals surface area contributed by atoms with Crippen molar-refractivity contribution in [2.75, 3.05) is 0 Å². The molecule has 6 nitrogen and oxygen atoms in total. The van der Waals surface area contributed by atoms with E-state index in [2.05, 4.69) is 14.9 Å². The van der Waals surface area contributed by atoms with Crippen molar-refractivity contribution in [2.24, 2.45) is 5.92 Å². The molecule has 1 aromatic heterocycles. The minimum atomic E-state index is -0.781. The van der Waals surface area contributed by atoms with Crippen LogP contribution in [0.3, 0.4) is 0 Å². The average molecular weight is 297 g/mol. The van der Waals surface area contributed by atoms with Crippen molar-refractivity contribution in [3.8, 4) is 0 Å². The van der Waals surface area contributed by atoms with E-state index in [0.717, 1.165) is 11.5 Å². The summed E-state index contributed by atoms with van der Waals surface area (Å²) in [7, 11) is 0. The fourth-order valence-electron chi connectivity index (χ4n) is 2.42. The van der Waals surface area contributed by atoms with Gasteiger partial charge in [0.05, 0.1) is 11.6 Å². The second-order valence-corrected chi connectivity index (χ2v) is 6.97. The topological polar surface area (TPSA) is 92.2 Å². The molecule has 0 radical (unpaired) electrons. The highest BCUT2D eigenvalue weighted by Crippen LogP contribution is 2.28. The first-order valence-corrected chi connectivity index (χ1v) is 7.43. The Morgan fingerprint density at radius 1 is 1.35 bits per heavy atom. The number of carbonyl (C=O) groups is 2. The summed E-state index contributed by atoms with van der Waals surface area (Å²) in [6.45, 7) is 5.95. The second kappa shape index (κ2) is 5.47. The third-order valence-electron chi connectivity index (χ3n) is 3.52. The lowest BCUT2D eigenvalue weighted by Gasteiger charge is -2.17. The zero-order valence-corrected chi connectivity index (χ0v) is 12.7. The number of hydrogen-bond donors (Lipinski definition) is 2. The van der Waals surface area contributed by atoms with E-state index < -0.39 is 5.97 Å². The van der Waals surface area contributed by atoms with Gasteiger partial charge in [0.25, 0.3) is 5.91 Å². The highest BCUT2D eigenvalue weighted by atomic mass is 32.1. The van der Waals surface area contributed by atoms with Gasteiger partial charge in [0.1, 0.15) is 4.88 Å². The van der Waals surface area contributed by atoms with Crippen LogP contribution in [0.2, 0.25) is 0 Å². The Hall–Kier alpha value is -1.50. The van der Waals surface area contributed by atoms with E-state index in [1.807, 2.05) is 20.8 Å². The third-order valence-corrected chi connectivity index (χ3v) is 4.25. The number of carboxylic acids is 1. The highest BCUT2D eigenvalue weighted by molar-refractivity contribution is 7.08. The molecule has 2 rings (SSSR count). The number of amides is 1. The van der Waals surface area contributed by atoms with Gasteiger partial charge in [-0.2, -0.15) is 0 Å². The fourth-order valence-corrected chi connectivity index (χ4v) is 3.20. The van der Waals surface area contributed by atoms with Crippen LogP contribution in [0, 0.1) is 5.92 Å². The molecule has 0 saturated heterocycles. The van der Waals surface area contributed by atoms with E-state index >= 15 is 0 Å². The van der Waals surface area contributed by atoms with Crippen LogP contribution >= 0.6 is 11.5 Å². The number of nitrogens with zero attached hydrogens (tertiary/aromatic N) is 2. The number of carbonyl (C=O) groups excluding carboxylic acids is 1. The molecule has 2 atom stereocenters. The van der Waals surface area contributed by atoms with Gasteiger partial charge in [-0.3, -0.25) is 9.59 Å². The lowest BCUT2D eigenvalue weighted by molar-refractivity contribution is -0.141. The van der Waals surface area contributed by atoms with Crippen LogP contribution in [0.5, 0.6) is 0 Å². The van der Waals surface area contributed by atoms with Crippen LogP contribution in [0.1, 0.15) is 55.4 Å². The van der Waals surface area contributed by atoms with Gasteiger partial charge in [0.15, 0.2) is 0 Å². The van der Waals surface area contributed by atoms with Crippen LogP contribution in [0.4, 0.5) is 0 Å². The average Bonchev–Trinajstić information content (AvgIpc) is 2.95. The summed E-state index contributed by atoms with van der Waals surface area (Å²) in [6, 6.07) is -0.0708. The van der Waals surface area contributed by atoms with E-state index in [9.17, 15) is 9.59 Å². The summed E-state index contributed by atoms with van der Waals surface area (Å²) < 4.78 is 3.86. The Morgan fingerprint density at radius 3 is 2.60 bits per heavy atom. The third kappa shape index (κ3) is 3.15. The molecule has 1 aromatic rings. The van der Waals surface area contributed by atoms with Gasteiger partial charge in [0, 0.05) is 11.5 Å². The first-order chi connectivity index (χ1) is 9.29. The number of rotatable bonds is 3. The summed E-state index contributed by atoms with van der Waals surface area (Å²) in [5, 5.41) is 15.9. The van der Waals surface area contributed by atoms with Gasteiger partial charge in [-0.25, -0.2) is 0 Å². The Morgan fingerprint density at radius 2 is 2.05 bits per heavy atom. The molecule has 1 aliphatic carbocycles.